The van der Waals surface area contributed by atoms with Crippen molar-refractivity contribution in [2.75, 3.05) is 5.73 Å². The van der Waals surface area contributed by atoms with Gasteiger partial charge < -0.3 is 5.73 Å². The Balaban J connectivity index is 2.68. The molecule has 3 heteroatoms. The standard InChI is InChI=1S/C10H11N3/c1-2-7-3-4-9-8(5-7)6-10(11)13-12-9/h3-6H,2H2,1H3,(H2,11,13). The molecular formula is C10H11N3. The summed E-state index contributed by atoms with van der Waals surface area (Å²) in [5.74, 6) is 0.473. The van der Waals surface area contributed by atoms with E-state index in [2.05, 4.69) is 29.3 Å². The third-order valence-electron chi connectivity index (χ3n) is 2.08. The molecule has 3 nitrogen and oxygen atoms in total. The smallest absolute Gasteiger partial charge is 0.146 e. The van der Waals surface area contributed by atoms with E-state index in [-0.39, 0.29) is 0 Å². The third-order valence-corrected chi connectivity index (χ3v) is 2.08. The summed E-state index contributed by atoms with van der Waals surface area (Å²) in [6.07, 6.45) is 1.03. The second kappa shape index (κ2) is 3.01. The van der Waals surface area contributed by atoms with Gasteiger partial charge >= 0.3 is 0 Å². The van der Waals surface area contributed by atoms with E-state index in [1.165, 1.54) is 5.56 Å². The number of nitrogens with zero attached hydrogens (tertiary/aromatic N) is 2. The number of aromatic nitrogens is 2. The van der Waals surface area contributed by atoms with Crippen molar-refractivity contribution >= 4 is 16.7 Å². The molecule has 2 N–H and O–H groups in total. The molecule has 2 aromatic rings. The summed E-state index contributed by atoms with van der Waals surface area (Å²) in [5, 5.41) is 8.83. The van der Waals surface area contributed by atoms with Crippen LogP contribution in [0.3, 0.4) is 0 Å². The second-order valence-corrected chi connectivity index (χ2v) is 3.02. The average molecular weight is 173 g/mol. The summed E-state index contributed by atoms with van der Waals surface area (Å²) < 4.78 is 0. The lowest BCUT2D eigenvalue weighted by molar-refractivity contribution is 1.08. The van der Waals surface area contributed by atoms with Crippen molar-refractivity contribution in [3.63, 3.8) is 0 Å². The van der Waals surface area contributed by atoms with Gasteiger partial charge in [-0.15, -0.1) is 10.2 Å². The normalized spacial score (nSPS) is 10.5. The number of aryl methyl sites for hydroxylation is 1. The number of nitrogens with two attached hydrogens (primary N) is 1. The maximum atomic E-state index is 5.54. The molecule has 0 aliphatic carbocycles. The lowest BCUT2D eigenvalue weighted by Gasteiger charge is -1.99. The van der Waals surface area contributed by atoms with Crippen molar-refractivity contribution in [1.29, 1.82) is 0 Å². The van der Waals surface area contributed by atoms with Gasteiger partial charge in [0.1, 0.15) is 5.82 Å². The van der Waals surface area contributed by atoms with E-state index >= 15 is 0 Å². The summed E-state index contributed by atoms with van der Waals surface area (Å²) >= 11 is 0. The summed E-state index contributed by atoms with van der Waals surface area (Å²) in [7, 11) is 0. The van der Waals surface area contributed by atoms with Crippen LogP contribution in [0.25, 0.3) is 10.9 Å². The highest BCUT2D eigenvalue weighted by atomic mass is 15.1. The predicted molar refractivity (Wildman–Crippen MR) is 53.3 cm³/mol. The van der Waals surface area contributed by atoms with Gasteiger partial charge in [0.2, 0.25) is 0 Å². The van der Waals surface area contributed by atoms with E-state index in [1.807, 2.05) is 12.1 Å². The molecule has 0 saturated heterocycles. The molecule has 0 radical (unpaired) electrons. The van der Waals surface area contributed by atoms with Crippen molar-refractivity contribution in [2.45, 2.75) is 13.3 Å². The van der Waals surface area contributed by atoms with E-state index in [0.29, 0.717) is 5.82 Å². The van der Waals surface area contributed by atoms with Crippen molar-refractivity contribution < 1.29 is 0 Å². The van der Waals surface area contributed by atoms with Crippen LogP contribution in [0.5, 0.6) is 0 Å². The van der Waals surface area contributed by atoms with Crippen LogP contribution in [0.1, 0.15) is 12.5 Å². The van der Waals surface area contributed by atoms with Crippen LogP contribution in [-0.2, 0) is 6.42 Å². The van der Waals surface area contributed by atoms with E-state index in [1.54, 1.807) is 0 Å². The van der Waals surface area contributed by atoms with Crippen molar-refractivity contribution in [2.24, 2.45) is 0 Å². The molecule has 0 unspecified atom stereocenters. The minimum absolute atomic E-state index is 0.473. The highest BCUT2D eigenvalue weighted by Crippen LogP contribution is 2.14. The molecule has 2 rings (SSSR count). The van der Waals surface area contributed by atoms with Crippen molar-refractivity contribution in [3.05, 3.63) is 29.8 Å². The minimum atomic E-state index is 0.473. The number of anilines is 1. The first-order chi connectivity index (χ1) is 6.29. The zero-order valence-electron chi connectivity index (χ0n) is 7.49. The molecule has 0 spiro atoms. The molecular weight excluding hydrogens is 162 g/mol. The fraction of sp³-hybridized carbons (Fsp3) is 0.200. The SMILES string of the molecule is CCc1ccc2nnc(N)cc2c1. The zero-order chi connectivity index (χ0) is 9.26. The molecule has 0 aliphatic rings. The number of rotatable bonds is 1. The van der Waals surface area contributed by atoms with Gasteiger partial charge in [0.05, 0.1) is 5.52 Å². The molecule has 0 amide bonds. The molecule has 0 aliphatic heterocycles. The Morgan fingerprint density at radius 1 is 1.23 bits per heavy atom. The Labute approximate surface area is 76.6 Å². The Bertz CT molecular complexity index is 437. The van der Waals surface area contributed by atoms with Crippen molar-refractivity contribution in [1.82, 2.24) is 10.2 Å². The number of fused-ring (bicyclic) bond motifs is 1. The monoisotopic (exact) mass is 173 g/mol. The van der Waals surface area contributed by atoms with Gasteiger partial charge in [0.25, 0.3) is 0 Å². The quantitative estimate of drug-likeness (QED) is 0.715. The van der Waals surface area contributed by atoms with Crippen LogP contribution in [-0.4, -0.2) is 10.2 Å². The number of benzene rings is 1. The zero-order valence-corrected chi connectivity index (χ0v) is 7.49. The van der Waals surface area contributed by atoms with Crippen LogP contribution in [0.15, 0.2) is 24.3 Å². The van der Waals surface area contributed by atoms with Gasteiger partial charge in [0, 0.05) is 5.39 Å². The molecule has 1 aromatic carbocycles. The topological polar surface area (TPSA) is 51.8 Å². The van der Waals surface area contributed by atoms with Gasteiger partial charge in [-0.05, 0) is 30.2 Å². The summed E-state index contributed by atoms with van der Waals surface area (Å²) in [5.41, 5.74) is 7.73. The Kier molecular flexibility index (Phi) is 1.85. The Morgan fingerprint density at radius 3 is 2.85 bits per heavy atom. The summed E-state index contributed by atoms with van der Waals surface area (Å²) in [6, 6.07) is 7.98. The summed E-state index contributed by atoms with van der Waals surface area (Å²) in [6.45, 7) is 2.12. The lowest BCUT2D eigenvalue weighted by atomic mass is 10.1. The van der Waals surface area contributed by atoms with Gasteiger partial charge in [-0.2, -0.15) is 0 Å². The Hall–Kier alpha value is -1.64. The van der Waals surface area contributed by atoms with Crippen LogP contribution < -0.4 is 5.73 Å². The first-order valence-electron chi connectivity index (χ1n) is 4.31. The molecule has 13 heavy (non-hydrogen) atoms. The number of hydrogen-bond donors (Lipinski definition) is 1. The van der Waals surface area contributed by atoms with Crippen LogP contribution in [0.4, 0.5) is 5.82 Å². The maximum Gasteiger partial charge on any atom is 0.146 e. The molecule has 66 valence electrons. The largest absolute Gasteiger partial charge is 0.382 e. The minimum Gasteiger partial charge on any atom is -0.382 e. The van der Waals surface area contributed by atoms with E-state index in [4.69, 9.17) is 5.73 Å². The van der Waals surface area contributed by atoms with Gasteiger partial charge in [-0.25, -0.2) is 0 Å². The second-order valence-electron chi connectivity index (χ2n) is 3.02. The van der Waals surface area contributed by atoms with Crippen LogP contribution >= 0.6 is 0 Å². The molecule has 0 bridgehead atoms. The van der Waals surface area contributed by atoms with Crippen LogP contribution in [0, 0.1) is 0 Å². The van der Waals surface area contributed by atoms with Crippen LogP contribution in [0.2, 0.25) is 0 Å². The van der Waals surface area contributed by atoms with E-state index in [9.17, 15) is 0 Å². The number of hydrogen-bond acceptors (Lipinski definition) is 3. The highest BCUT2D eigenvalue weighted by molar-refractivity contribution is 5.80. The predicted octanol–water partition coefficient (Wildman–Crippen LogP) is 1.77. The third kappa shape index (κ3) is 1.45. The highest BCUT2D eigenvalue weighted by Gasteiger charge is 1.97. The van der Waals surface area contributed by atoms with Gasteiger partial charge in [0.15, 0.2) is 0 Å². The van der Waals surface area contributed by atoms with Gasteiger partial charge in [-0.3, -0.25) is 0 Å². The number of nitrogen functional groups attached to an aromatic ring is 1. The molecule has 0 saturated carbocycles. The Morgan fingerprint density at radius 2 is 2.08 bits per heavy atom. The van der Waals surface area contributed by atoms with E-state index in [0.717, 1.165) is 17.3 Å². The molecule has 0 fully saturated rings. The maximum absolute atomic E-state index is 5.54. The first kappa shape index (κ1) is 7.98. The van der Waals surface area contributed by atoms with Crippen molar-refractivity contribution in [3.8, 4) is 0 Å². The lowest BCUT2D eigenvalue weighted by Crippen LogP contribution is -1.93. The molecule has 1 heterocycles. The van der Waals surface area contributed by atoms with E-state index < -0.39 is 0 Å². The first-order valence-corrected chi connectivity index (χ1v) is 4.31. The fourth-order valence-electron chi connectivity index (χ4n) is 1.33. The molecule has 0 atom stereocenters. The fourth-order valence-corrected chi connectivity index (χ4v) is 1.33. The van der Waals surface area contributed by atoms with Gasteiger partial charge in [-0.1, -0.05) is 13.0 Å². The average Bonchev–Trinajstić information content (AvgIpc) is 2.16. The summed E-state index contributed by atoms with van der Waals surface area (Å²) in [4.78, 5) is 0. The molecule has 1 aromatic heterocycles.